The number of nitrogens with zero attached hydrogens (tertiary/aromatic N) is 2. The molecule has 0 unspecified atom stereocenters. The van der Waals surface area contributed by atoms with Crippen molar-refractivity contribution in [1.29, 1.82) is 0 Å². The van der Waals surface area contributed by atoms with Crippen molar-refractivity contribution in [2.75, 3.05) is 24.9 Å². The van der Waals surface area contributed by atoms with Crippen LogP contribution >= 0.6 is 23.4 Å². The number of anilines is 1. The molecule has 1 aliphatic rings. The van der Waals surface area contributed by atoms with E-state index in [1.54, 1.807) is 38.5 Å². The van der Waals surface area contributed by atoms with E-state index in [1.807, 2.05) is 6.92 Å². The lowest BCUT2D eigenvalue weighted by atomic mass is 10.1. The molecule has 146 valence electrons. The Morgan fingerprint density at radius 2 is 2.00 bits per heavy atom. The van der Waals surface area contributed by atoms with Crippen molar-refractivity contribution >= 4 is 46.2 Å². The minimum atomic E-state index is -0.544. The number of rotatable bonds is 5. The lowest BCUT2D eigenvalue weighted by Gasteiger charge is -2.17. The summed E-state index contributed by atoms with van der Waals surface area (Å²) in [4.78, 5) is 18.9. The number of hydrogen-bond acceptors (Lipinski definition) is 5. The number of amides is 1. The fraction of sp³-hybridized carbons (Fsp3) is 0.200. The molecule has 2 aromatic rings. The summed E-state index contributed by atoms with van der Waals surface area (Å²) in [7, 11) is 3.11. The summed E-state index contributed by atoms with van der Waals surface area (Å²) in [5.41, 5.74) is 1.40. The van der Waals surface area contributed by atoms with E-state index >= 15 is 0 Å². The number of ether oxygens (including phenoxy) is 2. The minimum absolute atomic E-state index is 0.0552. The maximum atomic E-state index is 13.5. The van der Waals surface area contributed by atoms with Gasteiger partial charge in [-0.2, -0.15) is 0 Å². The normalized spacial score (nSPS) is 15.2. The van der Waals surface area contributed by atoms with E-state index in [-0.39, 0.29) is 16.6 Å². The minimum Gasteiger partial charge on any atom is -0.497 e. The van der Waals surface area contributed by atoms with Crippen molar-refractivity contribution in [3.63, 3.8) is 0 Å². The van der Waals surface area contributed by atoms with E-state index in [1.165, 1.54) is 34.9 Å². The van der Waals surface area contributed by atoms with Crippen LogP contribution in [0.4, 0.5) is 10.1 Å². The third kappa shape index (κ3) is 4.00. The smallest absolute Gasteiger partial charge is 0.283 e. The van der Waals surface area contributed by atoms with Crippen LogP contribution in [-0.2, 0) is 4.79 Å². The standard InChI is InChI=1S/C20H18ClFN2O3S/c1-4-28-20-23-17(9-12-5-7-14(26-2)11-18(12)27-3)19(25)24(20)13-6-8-16(22)15(21)10-13/h5-11H,4H2,1-3H3/b17-9-. The third-order valence-corrected chi connectivity index (χ3v) is 5.11. The highest BCUT2D eigenvalue weighted by atomic mass is 35.5. The Morgan fingerprint density at radius 1 is 1.21 bits per heavy atom. The summed E-state index contributed by atoms with van der Waals surface area (Å²) in [5.74, 6) is 1.05. The first-order chi connectivity index (χ1) is 13.5. The van der Waals surface area contributed by atoms with Crippen LogP contribution in [0.15, 0.2) is 47.1 Å². The summed E-state index contributed by atoms with van der Waals surface area (Å²) >= 11 is 7.31. The van der Waals surface area contributed by atoms with E-state index in [4.69, 9.17) is 21.1 Å². The molecule has 0 radical (unpaired) electrons. The highest BCUT2D eigenvalue weighted by Crippen LogP contribution is 2.33. The molecule has 0 fully saturated rings. The molecule has 28 heavy (non-hydrogen) atoms. The van der Waals surface area contributed by atoms with Gasteiger partial charge in [0.05, 0.1) is 24.9 Å². The topological polar surface area (TPSA) is 51.1 Å². The number of halogens is 2. The Morgan fingerprint density at radius 3 is 2.64 bits per heavy atom. The number of carbonyl (C=O) groups is 1. The van der Waals surface area contributed by atoms with Crippen LogP contribution in [0.2, 0.25) is 5.02 Å². The molecule has 0 N–H and O–H groups in total. The van der Waals surface area contributed by atoms with Crippen molar-refractivity contribution in [2.24, 2.45) is 4.99 Å². The molecule has 0 bridgehead atoms. The van der Waals surface area contributed by atoms with Crippen molar-refractivity contribution in [1.82, 2.24) is 0 Å². The average Bonchev–Trinajstić information content (AvgIpc) is 2.99. The highest BCUT2D eigenvalue weighted by Gasteiger charge is 2.32. The van der Waals surface area contributed by atoms with E-state index in [0.717, 1.165) is 5.75 Å². The summed E-state index contributed by atoms with van der Waals surface area (Å²) < 4.78 is 24.1. The van der Waals surface area contributed by atoms with Crippen LogP contribution < -0.4 is 14.4 Å². The fourth-order valence-corrected chi connectivity index (χ4v) is 3.57. The van der Waals surface area contributed by atoms with E-state index in [2.05, 4.69) is 4.99 Å². The zero-order valence-electron chi connectivity index (χ0n) is 15.5. The van der Waals surface area contributed by atoms with Gasteiger partial charge in [0, 0.05) is 11.6 Å². The van der Waals surface area contributed by atoms with Gasteiger partial charge in [-0.05, 0) is 42.2 Å². The lowest BCUT2D eigenvalue weighted by molar-refractivity contribution is -0.113. The number of carbonyl (C=O) groups excluding carboxylic acids is 1. The lowest BCUT2D eigenvalue weighted by Crippen LogP contribution is -2.30. The number of hydrogen-bond donors (Lipinski definition) is 0. The van der Waals surface area contributed by atoms with Gasteiger partial charge in [-0.25, -0.2) is 9.38 Å². The molecule has 1 heterocycles. The Hall–Kier alpha value is -2.51. The molecule has 1 amide bonds. The van der Waals surface area contributed by atoms with Crippen molar-refractivity contribution in [3.8, 4) is 11.5 Å². The summed E-state index contributed by atoms with van der Waals surface area (Å²) in [5, 5.41) is 0.453. The molecular formula is C20H18ClFN2O3S. The number of amidine groups is 1. The number of methoxy groups -OCH3 is 2. The molecule has 0 aromatic heterocycles. The van der Waals surface area contributed by atoms with Crippen LogP contribution in [0.5, 0.6) is 11.5 Å². The first-order valence-electron chi connectivity index (χ1n) is 8.43. The molecule has 8 heteroatoms. The van der Waals surface area contributed by atoms with Crippen LogP contribution in [0.3, 0.4) is 0 Å². The predicted molar refractivity (Wildman–Crippen MR) is 112 cm³/mol. The van der Waals surface area contributed by atoms with Crippen molar-refractivity contribution in [3.05, 3.63) is 58.5 Å². The van der Waals surface area contributed by atoms with E-state index in [0.29, 0.717) is 27.9 Å². The number of thioether (sulfide) groups is 1. The van der Waals surface area contributed by atoms with Gasteiger partial charge in [-0.15, -0.1) is 0 Å². The van der Waals surface area contributed by atoms with Gasteiger partial charge < -0.3 is 9.47 Å². The van der Waals surface area contributed by atoms with Crippen molar-refractivity contribution in [2.45, 2.75) is 6.92 Å². The quantitative estimate of drug-likeness (QED) is 0.639. The van der Waals surface area contributed by atoms with Crippen LogP contribution in [0.1, 0.15) is 12.5 Å². The summed E-state index contributed by atoms with van der Waals surface area (Å²) in [6, 6.07) is 9.44. The van der Waals surface area contributed by atoms with Gasteiger partial charge in [0.25, 0.3) is 5.91 Å². The largest absolute Gasteiger partial charge is 0.497 e. The van der Waals surface area contributed by atoms with Crippen LogP contribution in [-0.4, -0.2) is 31.0 Å². The van der Waals surface area contributed by atoms with Gasteiger partial charge in [0.1, 0.15) is 23.0 Å². The molecule has 0 atom stereocenters. The zero-order valence-corrected chi connectivity index (χ0v) is 17.1. The summed E-state index contributed by atoms with van der Waals surface area (Å²) in [6.45, 7) is 1.96. The molecular weight excluding hydrogens is 403 g/mol. The number of benzene rings is 2. The van der Waals surface area contributed by atoms with Gasteiger partial charge in [-0.3, -0.25) is 9.69 Å². The van der Waals surface area contributed by atoms with Gasteiger partial charge in [-0.1, -0.05) is 30.3 Å². The predicted octanol–water partition coefficient (Wildman–Crippen LogP) is 4.99. The molecule has 5 nitrogen and oxygen atoms in total. The molecule has 0 saturated carbocycles. The Kier molecular flexibility index (Phi) is 6.26. The molecule has 0 saturated heterocycles. The Bertz CT molecular complexity index is 978. The third-order valence-electron chi connectivity index (χ3n) is 4.00. The molecule has 3 rings (SSSR count). The van der Waals surface area contributed by atoms with Crippen LogP contribution in [0, 0.1) is 5.82 Å². The molecule has 2 aromatic carbocycles. The second-order valence-corrected chi connectivity index (χ2v) is 7.34. The Labute approximate surface area is 171 Å². The van der Waals surface area contributed by atoms with E-state index in [9.17, 15) is 9.18 Å². The zero-order chi connectivity index (χ0) is 20.3. The monoisotopic (exact) mass is 420 g/mol. The maximum absolute atomic E-state index is 13.5. The number of aliphatic imine (C=N–C) groups is 1. The van der Waals surface area contributed by atoms with Gasteiger partial charge >= 0.3 is 0 Å². The van der Waals surface area contributed by atoms with Crippen LogP contribution in [0.25, 0.3) is 6.08 Å². The van der Waals surface area contributed by atoms with Gasteiger partial charge in [0.2, 0.25) is 0 Å². The Balaban J connectivity index is 2.02. The molecule has 0 aliphatic carbocycles. The van der Waals surface area contributed by atoms with E-state index < -0.39 is 5.82 Å². The summed E-state index contributed by atoms with van der Waals surface area (Å²) in [6.07, 6.45) is 1.65. The molecule has 0 spiro atoms. The SMILES string of the molecule is CCSC1=N/C(=C\c2ccc(OC)cc2OC)C(=O)N1c1ccc(F)c(Cl)c1. The van der Waals surface area contributed by atoms with Gasteiger partial charge in [0.15, 0.2) is 5.17 Å². The molecule has 1 aliphatic heterocycles. The fourth-order valence-electron chi connectivity index (χ4n) is 2.66. The first-order valence-corrected chi connectivity index (χ1v) is 9.79. The van der Waals surface area contributed by atoms with Crippen molar-refractivity contribution < 1.29 is 18.7 Å². The maximum Gasteiger partial charge on any atom is 0.283 e. The first kappa shape index (κ1) is 20.2. The average molecular weight is 421 g/mol. The highest BCUT2D eigenvalue weighted by molar-refractivity contribution is 8.14. The second-order valence-electron chi connectivity index (χ2n) is 5.70. The second kappa shape index (κ2) is 8.67.